The van der Waals surface area contributed by atoms with E-state index in [2.05, 4.69) is 46.6 Å². The Morgan fingerprint density at radius 1 is 1.19 bits per heavy atom. The Labute approximate surface area is 157 Å². The van der Waals surface area contributed by atoms with Gasteiger partial charge in [0.15, 0.2) is 0 Å². The number of hydrogen-bond acceptors (Lipinski definition) is 5. The largest absolute Gasteiger partial charge is 0.439 e. The molecule has 1 amide bonds. The average molecular weight is 367 g/mol. The third kappa shape index (κ3) is 5.15. The van der Waals surface area contributed by atoms with Crippen molar-refractivity contribution in [2.45, 2.75) is 13.0 Å². The van der Waals surface area contributed by atoms with Crippen LogP contribution in [0.5, 0.6) is 11.6 Å². The van der Waals surface area contributed by atoms with Crippen LogP contribution in [0.15, 0.2) is 60.1 Å². The summed E-state index contributed by atoms with van der Waals surface area (Å²) in [5, 5.41) is 2.11. The third-order valence-corrected chi connectivity index (χ3v) is 4.82. The van der Waals surface area contributed by atoms with Gasteiger partial charge in [0.2, 0.25) is 11.8 Å². The highest BCUT2D eigenvalue weighted by Crippen LogP contribution is 2.20. The highest BCUT2D eigenvalue weighted by Gasteiger charge is 2.05. The first kappa shape index (κ1) is 18.1. The topological polar surface area (TPSA) is 68.5 Å². The highest BCUT2D eigenvalue weighted by atomic mass is 32.1. The number of pyridine rings is 1. The van der Waals surface area contributed by atoms with Gasteiger partial charge in [0, 0.05) is 30.2 Å². The van der Waals surface area contributed by atoms with E-state index in [9.17, 15) is 4.79 Å². The molecule has 2 heterocycles. The smallest absolute Gasteiger partial charge is 0.250 e. The summed E-state index contributed by atoms with van der Waals surface area (Å²) in [5.41, 5.74) is 6.82. The van der Waals surface area contributed by atoms with E-state index in [0.29, 0.717) is 17.2 Å². The summed E-state index contributed by atoms with van der Waals surface area (Å²) in [6, 6.07) is 15.5. The molecule has 3 rings (SSSR count). The number of nitrogens with two attached hydrogens (primary N) is 1. The minimum atomic E-state index is -0.502. The number of amides is 1. The maximum absolute atomic E-state index is 11.0. The average Bonchev–Trinajstić information content (AvgIpc) is 3.14. The molecule has 6 heteroatoms. The van der Waals surface area contributed by atoms with E-state index in [1.54, 1.807) is 23.5 Å². The number of benzene rings is 1. The summed E-state index contributed by atoms with van der Waals surface area (Å²) in [7, 11) is 2.14. The molecule has 134 valence electrons. The Hall–Kier alpha value is -2.70. The van der Waals surface area contributed by atoms with Crippen LogP contribution in [0.25, 0.3) is 0 Å². The zero-order valence-corrected chi connectivity index (χ0v) is 15.4. The van der Waals surface area contributed by atoms with Crippen molar-refractivity contribution in [3.05, 3.63) is 76.1 Å². The van der Waals surface area contributed by atoms with Gasteiger partial charge in [-0.2, -0.15) is 0 Å². The molecule has 0 radical (unpaired) electrons. The number of rotatable bonds is 8. The van der Waals surface area contributed by atoms with Crippen LogP contribution in [0, 0.1) is 0 Å². The molecule has 0 bridgehead atoms. The van der Waals surface area contributed by atoms with Crippen molar-refractivity contribution in [3.63, 3.8) is 0 Å². The molecule has 0 spiro atoms. The first-order chi connectivity index (χ1) is 12.6. The van der Waals surface area contributed by atoms with Crippen molar-refractivity contribution in [1.29, 1.82) is 0 Å². The zero-order valence-electron chi connectivity index (χ0n) is 14.6. The Morgan fingerprint density at radius 2 is 2.00 bits per heavy atom. The van der Waals surface area contributed by atoms with Gasteiger partial charge in [-0.05, 0) is 48.7 Å². The second-order valence-electron chi connectivity index (χ2n) is 6.06. The molecule has 0 aliphatic carbocycles. The molecule has 3 aromatic rings. The Morgan fingerprint density at radius 3 is 2.62 bits per heavy atom. The minimum Gasteiger partial charge on any atom is -0.439 e. The van der Waals surface area contributed by atoms with Crippen molar-refractivity contribution in [2.24, 2.45) is 5.73 Å². The van der Waals surface area contributed by atoms with Gasteiger partial charge in [0.25, 0.3) is 0 Å². The number of ether oxygens (including phenoxy) is 1. The van der Waals surface area contributed by atoms with E-state index in [4.69, 9.17) is 10.5 Å². The van der Waals surface area contributed by atoms with Crippen LogP contribution in [-0.2, 0) is 13.0 Å². The van der Waals surface area contributed by atoms with E-state index < -0.39 is 5.91 Å². The monoisotopic (exact) mass is 367 g/mol. The molecule has 2 aromatic heterocycles. The van der Waals surface area contributed by atoms with Crippen LogP contribution < -0.4 is 10.5 Å². The number of primary amides is 1. The number of nitrogens with zero attached hydrogens (tertiary/aromatic N) is 2. The van der Waals surface area contributed by atoms with Gasteiger partial charge in [-0.1, -0.05) is 18.2 Å². The van der Waals surface area contributed by atoms with Crippen LogP contribution in [0.3, 0.4) is 0 Å². The fraction of sp³-hybridized carbons (Fsp3) is 0.200. The van der Waals surface area contributed by atoms with Crippen molar-refractivity contribution in [1.82, 2.24) is 9.88 Å². The van der Waals surface area contributed by atoms with Crippen molar-refractivity contribution in [2.75, 3.05) is 13.6 Å². The maximum atomic E-state index is 11.0. The van der Waals surface area contributed by atoms with Gasteiger partial charge >= 0.3 is 0 Å². The zero-order chi connectivity index (χ0) is 18.4. The maximum Gasteiger partial charge on any atom is 0.250 e. The lowest BCUT2D eigenvalue weighted by molar-refractivity contribution is 0.1000. The second-order valence-corrected chi connectivity index (χ2v) is 7.09. The minimum absolute atomic E-state index is 0.361. The van der Waals surface area contributed by atoms with Crippen LogP contribution in [-0.4, -0.2) is 29.4 Å². The van der Waals surface area contributed by atoms with Gasteiger partial charge in [0.05, 0.1) is 5.56 Å². The molecule has 26 heavy (non-hydrogen) atoms. The molecular weight excluding hydrogens is 346 g/mol. The normalized spacial score (nSPS) is 10.8. The Kier molecular flexibility index (Phi) is 5.99. The first-order valence-corrected chi connectivity index (χ1v) is 9.22. The van der Waals surface area contributed by atoms with Gasteiger partial charge in [-0.15, -0.1) is 11.3 Å². The first-order valence-electron chi connectivity index (χ1n) is 8.34. The number of carbonyl (C=O) groups excluding carboxylic acids is 1. The van der Waals surface area contributed by atoms with E-state index in [1.165, 1.54) is 16.6 Å². The van der Waals surface area contributed by atoms with Gasteiger partial charge in [0.1, 0.15) is 5.75 Å². The fourth-order valence-electron chi connectivity index (χ4n) is 2.50. The number of aromatic nitrogens is 1. The lowest BCUT2D eigenvalue weighted by atomic mass is 10.1. The van der Waals surface area contributed by atoms with Crippen LogP contribution in [0.2, 0.25) is 0 Å². The molecule has 0 aliphatic rings. The number of carbonyl (C=O) groups is 1. The van der Waals surface area contributed by atoms with E-state index in [-0.39, 0.29) is 0 Å². The van der Waals surface area contributed by atoms with Gasteiger partial charge in [-0.25, -0.2) is 4.98 Å². The lowest BCUT2D eigenvalue weighted by Crippen LogP contribution is -2.20. The molecule has 2 N–H and O–H groups in total. The van der Waals surface area contributed by atoms with Crippen molar-refractivity contribution < 1.29 is 9.53 Å². The summed E-state index contributed by atoms with van der Waals surface area (Å²) in [4.78, 5) is 18.8. The van der Waals surface area contributed by atoms with E-state index in [1.807, 2.05) is 12.1 Å². The van der Waals surface area contributed by atoms with Crippen LogP contribution in [0.4, 0.5) is 0 Å². The SMILES string of the molecule is CN(CCc1ccc(Oc2ccc(C(N)=O)cn2)cc1)Cc1cccs1. The fourth-order valence-corrected chi connectivity index (χ4v) is 3.28. The standard InChI is InChI=1S/C20H21N3O2S/c1-23(14-18-3-2-12-26-18)11-10-15-4-7-17(8-5-15)25-19-9-6-16(13-22-19)20(21)24/h2-9,12-13H,10-11,14H2,1H3,(H2,21,24). The van der Waals surface area contributed by atoms with Crippen molar-refractivity contribution in [3.8, 4) is 11.6 Å². The second kappa shape index (κ2) is 8.60. The molecule has 0 saturated heterocycles. The van der Waals surface area contributed by atoms with Crippen LogP contribution >= 0.6 is 11.3 Å². The lowest BCUT2D eigenvalue weighted by Gasteiger charge is -2.15. The molecule has 0 saturated carbocycles. The number of thiophene rings is 1. The Bertz CT molecular complexity index is 831. The molecule has 0 aliphatic heterocycles. The van der Waals surface area contributed by atoms with E-state index >= 15 is 0 Å². The molecule has 0 fully saturated rings. The predicted molar refractivity (Wildman–Crippen MR) is 104 cm³/mol. The number of hydrogen-bond donors (Lipinski definition) is 1. The van der Waals surface area contributed by atoms with Crippen molar-refractivity contribution >= 4 is 17.2 Å². The summed E-state index contributed by atoms with van der Waals surface area (Å²) in [6.45, 7) is 1.97. The molecule has 1 aromatic carbocycles. The summed E-state index contributed by atoms with van der Waals surface area (Å²) < 4.78 is 5.69. The summed E-state index contributed by atoms with van der Waals surface area (Å²) in [5.74, 6) is 0.635. The number of likely N-dealkylation sites (N-methyl/N-ethyl adjacent to an activating group) is 1. The van der Waals surface area contributed by atoms with E-state index in [0.717, 1.165) is 19.5 Å². The highest BCUT2D eigenvalue weighted by molar-refractivity contribution is 7.09. The molecule has 5 nitrogen and oxygen atoms in total. The summed E-state index contributed by atoms with van der Waals surface area (Å²) in [6.07, 6.45) is 2.39. The molecular formula is C20H21N3O2S. The van der Waals surface area contributed by atoms with Gasteiger partial charge < -0.3 is 15.4 Å². The van der Waals surface area contributed by atoms with Crippen LogP contribution in [0.1, 0.15) is 20.8 Å². The summed E-state index contributed by atoms with van der Waals surface area (Å²) >= 11 is 1.79. The predicted octanol–water partition coefficient (Wildman–Crippen LogP) is 3.71. The third-order valence-electron chi connectivity index (χ3n) is 3.95. The molecule has 0 unspecified atom stereocenters. The molecule has 0 atom stereocenters. The Balaban J connectivity index is 1.50. The quantitative estimate of drug-likeness (QED) is 0.659. The van der Waals surface area contributed by atoms with Gasteiger partial charge in [-0.3, -0.25) is 4.79 Å².